The van der Waals surface area contributed by atoms with Crippen LogP contribution in [-0.4, -0.2) is 24.3 Å². The summed E-state index contributed by atoms with van der Waals surface area (Å²) in [4.78, 5) is 0. The van der Waals surface area contributed by atoms with Crippen LogP contribution >= 0.6 is 0 Å². The number of aryl methyl sites for hydroxylation is 1. The minimum atomic E-state index is 0.498. The number of rotatable bonds is 2. The van der Waals surface area contributed by atoms with Crippen LogP contribution in [-0.2, 0) is 0 Å². The van der Waals surface area contributed by atoms with Gasteiger partial charge in [0.1, 0.15) is 0 Å². The van der Waals surface area contributed by atoms with Crippen molar-refractivity contribution in [2.24, 2.45) is 0 Å². The fraction of sp³-hybridized carbons (Fsp3) is 0.625. The lowest BCUT2D eigenvalue weighted by molar-refractivity contribution is 0.423. The molecule has 4 heteroatoms. The average molecular weight is 167 g/mol. The molecule has 1 fully saturated rings. The highest BCUT2D eigenvalue weighted by Gasteiger charge is 2.15. The number of nitrogens with one attached hydrogen (secondary N) is 2. The lowest BCUT2D eigenvalue weighted by Gasteiger charge is -2.07. The Morgan fingerprint density at radius 1 is 1.75 bits per heavy atom. The van der Waals surface area contributed by atoms with E-state index in [-0.39, 0.29) is 0 Å². The summed E-state index contributed by atoms with van der Waals surface area (Å²) in [5, 5.41) is 10.3. The third-order valence-corrected chi connectivity index (χ3v) is 2.03. The van der Waals surface area contributed by atoms with Crippen LogP contribution in [0.25, 0.3) is 0 Å². The van der Waals surface area contributed by atoms with E-state index in [2.05, 4.69) is 15.8 Å². The van der Waals surface area contributed by atoms with Gasteiger partial charge >= 0.3 is 0 Å². The van der Waals surface area contributed by atoms with Gasteiger partial charge in [-0.15, -0.1) is 0 Å². The van der Waals surface area contributed by atoms with E-state index < -0.39 is 0 Å². The van der Waals surface area contributed by atoms with Crippen molar-refractivity contribution in [2.75, 3.05) is 18.4 Å². The monoisotopic (exact) mass is 167 g/mol. The van der Waals surface area contributed by atoms with Crippen molar-refractivity contribution in [3.05, 3.63) is 11.8 Å². The summed E-state index contributed by atoms with van der Waals surface area (Å²) in [5.74, 6) is 0.779. The molecular weight excluding hydrogens is 154 g/mol. The second-order valence-electron chi connectivity index (χ2n) is 3.17. The Bertz CT molecular complexity index is 253. The van der Waals surface area contributed by atoms with Gasteiger partial charge in [0.05, 0.1) is 5.69 Å². The fourth-order valence-electron chi connectivity index (χ4n) is 1.41. The Labute approximate surface area is 71.3 Å². The van der Waals surface area contributed by atoms with Gasteiger partial charge in [-0.3, -0.25) is 0 Å². The first-order valence-corrected chi connectivity index (χ1v) is 4.25. The molecule has 1 aliphatic heterocycles. The molecule has 0 saturated carbocycles. The first-order valence-electron chi connectivity index (χ1n) is 4.25. The van der Waals surface area contributed by atoms with Gasteiger partial charge < -0.3 is 15.2 Å². The van der Waals surface area contributed by atoms with Gasteiger partial charge in [0.15, 0.2) is 0 Å². The standard InChI is InChI=1S/C8H13N3O/c1-6-4-8(12-11-6)10-7-2-3-9-5-7/h4,7,9-10H,2-3,5H2,1H3. The van der Waals surface area contributed by atoms with Gasteiger partial charge in [-0.1, -0.05) is 5.16 Å². The Balaban J connectivity index is 1.94. The molecule has 0 aromatic carbocycles. The fourth-order valence-corrected chi connectivity index (χ4v) is 1.41. The highest BCUT2D eigenvalue weighted by atomic mass is 16.5. The van der Waals surface area contributed by atoms with Crippen LogP contribution < -0.4 is 10.6 Å². The first kappa shape index (κ1) is 7.61. The van der Waals surface area contributed by atoms with Gasteiger partial charge in [-0.2, -0.15) is 0 Å². The maximum absolute atomic E-state index is 5.04. The molecule has 1 atom stereocenters. The summed E-state index contributed by atoms with van der Waals surface area (Å²) < 4.78 is 5.04. The van der Waals surface area contributed by atoms with E-state index in [0.717, 1.165) is 31.1 Å². The van der Waals surface area contributed by atoms with Gasteiger partial charge in [0.2, 0.25) is 5.88 Å². The summed E-state index contributed by atoms with van der Waals surface area (Å²) in [7, 11) is 0. The Morgan fingerprint density at radius 3 is 3.25 bits per heavy atom. The van der Waals surface area contributed by atoms with Gasteiger partial charge in [0, 0.05) is 18.7 Å². The number of aromatic nitrogens is 1. The van der Waals surface area contributed by atoms with Gasteiger partial charge in [-0.05, 0) is 19.9 Å². The highest BCUT2D eigenvalue weighted by Crippen LogP contribution is 2.12. The number of hydrogen-bond acceptors (Lipinski definition) is 4. The van der Waals surface area contributed by atoms with E-state index in [9.17, 15) is 0 Å². The molecule has 12 heavy (non-hydrogen) atoms. The maximum Gasteiger partial charge on any atom is 0.225 e. The van der Waals surface area contributed by atoms with E-state index in [1.54, 1.807) is 0 Å². The molecule has 4 nitrogen and oxygen atoms in total. The SMILES string of the molecule is Cc1cc(NC2CCNC2)on1. The Kier molecular flexibility index (Phi) is 1.99. The predicted octanol–water partition coefficient (Wildman–Crippen LogP) is 0.757. The van der Waals surface area contributed by atoms with Gasteiger partial charge in [0.25, 0.3) is 0 Å². The molecule has 2 rings (SSSR count). The largest absolute Gasteiger partial charge is 0.350 e. The molecule has 2 N–H and O–H groups in total. The zero-order chi connectivity index (χ0) is 8.39. The van der Waals surface area contributed by atoms with Crippen molar-refractivity contribution < 1.29 is 4.52 Å². The average Bonchev–Trinajstić information content (AvgIpc) is 2.63. The lowest BCUT2D eigenvalue weighted by atomic mass is 10.2. The van der Waals surface area contributed by atoms with Crippen LogP contribution in [0.5, 0.6) is 0 Å². The molecule has 66 valence electrons. The van der Waals surface area contributed by atoms with Crippen molar-refractivity contribution >= 4 is 5.88 Å². The summed E-state index contributed by atoms with van der Waals surface area (Å²) in [6, 6.07) is 2.41. The van der Waals surface area contributed by atoms with E-state index in [1.807, 2.05) is 13.0 Å². The molecule has 1 aliphatic rings. The lowest BCUT2D eigenvalue weighted by Crippen LogP contribution is -2.21. The van der Waals surface area contributed by atoms with E-state index in [0.29, 0.717) is 6.04 Å². The molecule has 0 bridgehead atoms. The Morgan fingerprint density at radius 2 is 2.67 bits per heavy atom. The molecular formula is C8H13N3O. The number of hydrogen-bond donors (Lipinski definition) is 2. The second kappa shape index (κ2) is 3.15. The van der Waals surface area contributed by atoms with Crippen LogP contribution in [0, 0.1) is 6.92 Å². The van der Waals surface area contributed by atoms with Gasteiger partial charge in [-0.25, -0.2) is 0 Å². The van der Waals surface area contributed by atoms with E-state index in [4.69, 9.17) is 4.52 Å². The molecule has 0 spiro atoms. The van der Waals surface area contributed by atoms with Crippen LogP contribution in [0.1, 0.15) is 12.1 Å². The van der Waals surface area contributed by atoms with E-state index >= 15 is 0 Å². The van der Waals surface area contributed by atoms with Crippen molar-refractivity contribution in [2.45, 2.75) is 19.4 Å². The summed E-state index contributed by atoms with van der Waals surface area (Å²) >= 11 is 0. The first-order chi connectivity index (χ1) is 5.84. The highest BCUT2D eigenvalue weighted by molar-refractivity contribution is 5.32. The molecule has 0 amide bonds. The molecule has 0 aliphatic carbocycles. The topological polar surface area (TPSA) is 50.1 Å². The van der Waals surface area contributed by atoms with Crippen LogP contribution in [0.4, 0.5) is 5.88 Å². The molecule has 2 heterocycles. The van der Waals surface area contributed by atoms with E-state index in [1.165, 1.54) is 0 Å². The van der Waals surface area contributed by atoms with Crippen molar-refractivity contribution in [1.29, 1.82) is 0 Å². The maximum atomic E-state index is 5.04. The predicted molar refractivity (Wildman–Crippen MR) is 46.1 cm³/mol. The minimum Gasteiger partial charge on any atom is -0.350 e. The smallest absolute Gasteiger partial charge is 0.225 e. The number of nitrogens with zero attached hydrogens (tertiary/aromatic N) is 1. The van der Waals surface area contributed by atoms with Crippen LogP contribution in [0.2, 0.25) is 0 Å². The number of anilines is 1. The summed E-state index contributed by atoms with van der Waals surface area (Å²) in [5.41, 5.74) is 0.920. The summed E-state index contributed by atoms with van der Waals surface area (Å²) in [6.07, 6.45) is 1.15. The molecule has 1 saturated heterocycles. The zero-order valence-corrected chi connectivity index (χ0v) is 7.13. The molecule has 0 radical (unpaired) electrons. The normalized spacial score (nSPS) is 22.9. The minimum absolute atomic E-state index is 0.498. The summed E-state index contributed by atoms with van der Waals surface area (Å²) in [6.45, 7) is 4.02. The second-order valence-corrected chi connectivity index (χ2v) is 3.17. The quantitative estimate of drug-likeness (QED) is 0.682. The van der Waals surface area contributed by atoms with Crippen molar-refractivity contribution in [3.8, 4) is 0 Å². The molecule has 1 unspecified atom stereocenters. The zero-order valence-electron chi connectivity index (χ0n) is 7.13. The van der Waals surface area contributed by atoms with Crippen molar-refractivity contribution in [1.82, 2.24) is 10.5 Å². The van der Waals surface area contributed by atoms with Crippen LogP contribution in [0.3, 0.4) is 0 Å². The van der Waals surface area contributed by atoms with Crippen LogP contribution in [0.15, 0.2) is 10.6 Å². The third kappa shape index (κ3) is 1.58. The molecule has 1 aromatic rings. The van der Waals surface area contributed by atoms with Crippen molar-refractivity contribution in [3.63, 3.8) is 0 Å². The molecule has 1 aromatic heterocycles. The Hall–Kier alpha value is -1.03. The third-order valence-electron chi connectivity index (χ3n) is 2.03.